The third kappa shape index (κ3) is 1.52. The van der Waals surface area contributed by atoms with E-state index in [1.54, 1.807) is 0 Å². The number of rotatable bonds is 2. The predicted octanol–water partition coefficient (Wildman–Crippen LogP) is 1.32. The number of fused-ring (bicyclic) bond motifs is 1. The van der Waals surface area contributed by atoms with Gasteiger partial charge in [0.1, 0.15) is 0 Å². The molecule has 5 nitrogen and oxygen atoms in total. The number of hydrogen-bond acceptors (Lipinski definition) is 4. The van der Waals surface area contributed by atoms with Crippen molar-refractivity contribution in [2.24, 2.45) is 0 Å². The number of benzene rings is 1. The zero-order valence-corrected chi connectivity index (χ0v) is 7.94. The van der Waals surface area contributed by atoms with Gasteiger partial charge in [0.2, 0.25) is 6.79 Å². The van der Waals surface area contributed by atoms with Gasteiger partial charge in [-0.15, -0.1) is 0 Å². The molecule has 0 radical (unpaired) electrons. The Kier molecular flexibility index (Phi) is 2.07. The lowest BCUT2D eigenvalue weighted by molar-refractivity contribution is 0.0692. The van der Waals surface area contributed by atoms with Gasteiger partial charge in [0.05, 0.1) is 5.56 Å². The SMILES string of the molecule is CC(=O)c1cc2c(cc1C(=O)O)OCO2. The Labute approximate surface area is 85.2 Å². The topological polar surface area (TPSA) is 72.8 Å². The van der Waals surface area contributed by atoms with E-state index in [1.165, 1.54) is 19.1 Å². The molecule has 78 valence electrons. The largest absolute Gasteiger partial charge is 0.478 e. The third-order valence-electron chi connectivity index (χ3n) is 2.12. The lowest BCUT2D eigenvalue weighted by Crippen LogP contribution is -2.05. The summed E-state index contributed by atoms with van der Waals surface area (Å²) in [5.41, 5.74) is 0.0681. The van der Waals surface area contributed by atoms with Crippen molar-refractivity contribution >= 4 is 11.8 Å². The molecule has 0 spiro atoms. The van der Waals surface area contributed by atoms with Gasteiger partial charge in [-0.1, -0.05) is 0 Å². The van der Waals surface area contributed by atoms with Gasteiger partial charge in [-0.25, -0.2) is 4.79 Å². The molecule has 0 amide bonds. The highest BCUT2D eigenvalue weighted by Crippen LogP contribution is 2.34. The van der Waals surface area contributed by atoms with Gasteiger partial charge in [-0.05, 0) is 19.1 Å². The standard InChI is InChI=1S/C10H8O5/c1-5(11)6-2-8-9(15-4-14-8)3-7(6)10(12)13/h2-3H,4H2,1H3,(H,12,13). The van der Waals surface area contributed by atoms with Crippen LogP contribution >= 0.6 is 0 Å². The summed E-state index contributed by atoms with van der Waals surface area (Å²) in [6.45, 7) is 1.36. The van der Waals surface area contributed by atoms with Gasteiger partial charge in [-0.3, -0.25) is 4.79 Å². The van der Waals surface area contributed by atoms with Crippen molar-refractivity contribution in [1.29, 1.82) is 0 Å². The average molecular weight is 208 g/mol. The summed E-state index contributed by atoms with van der Waals surface area (Å²) in [5, 5.41) is 8.90. The zero-order valence-electron chi connectivity index (χ0n) is 7.94. The van der Waals surface area contributed by atoms with Gasteiger partial charge >= 0.3 is 5.97 Å². The van der Waals surface area contributed by atoms with Gasteiger partial charge < -0.3 is 14.6 Å². The molecule has 0 aliphatic carbocycles. The highest BCUT2D eigenvalue weighted by Gasteiger charge is 2.22. The van der Waals surface area contributed by atoms with E-state index >= 15 is 0 Å². The van der Waals surface area contributed by atoms with Crippen LogP contribution in [0.3, 0.4) is 0 Å². The highest BCUT2D eigenvalue weighted by atomic mass is 16.7. The van der Waals surface area contributed by atoms with Crippen LogP contribution in [-0.2, 0) is 0 Å². The Morgan fingerprint density at radius 3 is 2.20 bits per heavy atom. The van der Waals surface area contributed by atoms with Crippen LogP contribution in [0.2, 0.25) is 0 Å². The first-order valence-electron chi connectivity index (χ1n) is 4.27. The molecule has 0 saturated carbocycles. The first-order valence-corrected chi connectivity index (χ1v) is 4.27. The summed E-state index contributed by atoms with van der Waals surface area (Å²) < 4.78 is 10.1. The number of carbonyl (C=O) groups excluding carboxylic acids is 1. The number of aromatic carboxylic acids is 1. The Hall–Kier alpha value is -2.04. The maximum Gasteiger partial charge on any atom is 0.336 e. The molecule has 0 bridgehead atoms. The quantitative estimate of drug-likeness (QED) is 0.742. The van der Waals surface area contributed by atoms with E-state index in [2.05, 4.69) is 0 Å². The van der Waals surface area contributed by atoms with E-state index in [9.17, 15) is 9.59 Å². The fourth-order valence-electron chi connectivity index (χ4n) is 1.41. The summed E-state index contributed by atoms with van der Waals surface area (Å²) >= 11 is 0. The van der Waals surface area contributed by atoms with E-state index in [4.69, 9.17) is 14.6 Å². The molecule has 1 aliphatic heterocycles. The Balaban J connectivity index is 2.62. The van der Waals surface area contributed by atoms with Crippen LogP contribution in [0.5, 0.6) is 11.5 Å². The number of hydrogen-bond donors (Lipinski definition) is 1. The Morgan fingerprint density at radius 2 is 1.73 bits per heavy atom. The van der Waals surface area contributed by atoms with Gasteiger partial charge in [0.15, 0.2) is 17.3 Å². The van der Waals surface area contributed by atoms with Gasteiger partial charge in [-0.2, -0.15) is 0 Å². The molecule has 5 heteroatoms. The molecule has 1 heterocycles. The number of Topliss-reactive ketones (excluding diaryl/α,β-unsaturated/α-hetero) is 1. The van der Waals surface area contributed by atoms with Crippen LogP contribution in [0.1, 0.15) is 27.6 Å². The normalized spacial score (nSPS) is 12.6. The van der Waals surface area contributed by atoms with Gasteiger partial charge in [0.25, 0.3) is 0 Å². The molecule has 1 N–H and O–H groups in total. The number of ether oxygens (including phenoxy) is 2. The predicted molar refractivity (Wildman–Crippen MR) is 49.5 cm³/mol. The fourth-order valence-corrected chi connectivity index (χ4v) is 1.41. The van der Waals surface area contributed by atoms with Crippen LogP contribution in [-0.4, -0.2) is 23.7 Å². The second kappa shape index (κ2) is 3.27. The van der Waals surface area contributed by atoms with Crippen LogP contribution in [0.4, 0.5) is 0 Å². The van der Waals surface area contributed by atoms with E-state index in [1.807, 2.05) is 0 Å². The third-order valence-corrected chi connectivity index (χ3v) is 2.12. The number of carbonyl (C=O) groups is 2. The minimum atomic E-state index is -1.15. The van der Waals surface area contributed by atoms with Crippen molar-refractivity contribution in [3.8, 4) is 11.5 Å². The zero-order chi connectivity index (χ0) is 11.0. The van der Waals surface area contributed by atoms with Crippen molar-refractivity contribution in [3.63, 3.8) is 0 Å². The van der Waals surface area contributed by atoms with Crippen LogP contribution in [0.25, 0.3) is 0 Å². The average Bonchev–Trinajstić information content (AvgIpc) is 2.61. The van der Waals surface area contributed by atoms with Crippen molar-refractivity contribution < 1.29 is 24.2 Å². The second-order valence-corrected chi connectivity index (χ2v) is 3.11. The Bertz CT molecular complexity index is 408. The second-order valence-electron chi connectivity index (χ2n) is 3.11. The molecular weight excluding hydrogens is 200 g/mol. The first kappa shape index (κ1) is 9.51. The Morgan fingerprint density at radius 1 is 1.20 bits per heavy atom. The molecule has 2 rings (SSSR count). The molecule has 1 aliphatic rings. The molecule has 0 fully saturated rings. The number of ketones is 1. The van der Waals surface area contributed by atoms with E-state index in [0.717, 1.165) is 0 Å². The lowest BCUT2D eigenvalue weighted by atomic mass is 10.0. The van der Waals surface area contributed by atoms with Crippen molar-refractivity contribution in [1.82, 2.24) is 0 Å². The molecule has 1 aromatic rings. The summed E-state index contributed by atoms with van der Waals surface area (Å²) in [6, 6.07) is 2.70. The van der Waals surface area contributed by atoms with Gasteiger partial charge in [0, 0.05) is 5.56 Å². The minimum absolute atomic E-state index is 0.0513. The smallest absolute Gasteiger partial charge is 0.336 e. The molecule has 15 heavy (non-hydrogen) atoms. The van der Waals surface area contributed by atoms with E-state index in [0.29, 0.717) is 11.5 Å². The van der Waals surface area contributed by atoms with Crippen molar-refractivity contribution in [2.45, 2.75) is 6.92 Å². The monoisotopic (exact) mass is 208 g/mol. The summed E-state index contributed by atoms with van der Waals surface area (Å²) in [7, 11) is 0. The maximum absolute atomic E-state index is 11.2. The molecule has 0 unspecified atom stereocenters. The summed E-state index contributed by atoms with van der Waals surface area (Å²) in [6.07, 6.45) is 0. The summed E-state index contributed by atoms with van der Waals surface area (Å²) in [5.74, 6) is -0.702. The number of carboxylic acid groups (broad SMARTS) is 1. The van der Waals surface area contributed by atoms with E-state index < -0.39 is 5.97 Å². The highest BCUT2D eigenvalue weighted by molar-refractivity contribution is 6.05. The lowest BCUT2D eigenvalue weighted by Gasteiger charge is -2.04. The first-order chi connectivity index (χ1) is 7.09. The number of carboxylic acids is 1. The molecular formula is C10H8O5. The van der Waals surface area contributed by atoms with Crippen molar-refractivity contribution in [3.05, 3.63) is 23.3 Å². The molecule has 0 saturated heterocycles. The van der Waals surface area contributed by atoms with E-state index in [-0.39, 0.29) is 23.7 Å². The van der Waals surface area contributed by atoms with Crippen LogP contribution in [0, 0.1) is 0 Å². The molecule has 0 aromatic heterocycles. The molecule has 0 atom stereocenters. The fraction of sp³-hybridized carbons (Fsp3) is 0.200. The van der Waals surface area contributed by atoms with Crippen LogP contribution in [0.15, 0.2) is 12.1 Å². The molecule has 1 aromatic carbocycles. The summed E-state index contributed by atoms with van der Waals surface area (Å²) in [4.78, 5) is 22.1. The van der Waals surface area contributed by atoms with Crippen molar-refractivity contribution in [2.75, 3.05) is 6.79 Å². The maximum atomic E-state index is 11.2. The minimum Gasteiger partial charge on any atom is -0.478 e. The van der Waals surface area contributed by atoms with Crippen LogP contribution < -0.4 is 9.47 Å².